The van der Waals surface area contributed by atoms with Crippen LogP contribution in [0.3, 0.4) is 0 Å². The topological polar surface area (TPSA) is 94.3 Å². The summed E-state index contributed by atoms with van der Waals surface area (Å²) in [5.41, 5.74) is 0.552. The molecule has 0 spiro atoms. The highest BCUT2D eigenvalue weighted by Crippen LogP contribution is 2.43. The number of aromatic amines is 1. The van der Waals surface area contributed by atoms with E-state index in [-0.39, 0.29) is 17.7 Å². The van der Waals surface area contributed by atoms with Crippen LogP contribution in [0.4, 0.5) is 16.2 Å². The zero-order valence-electron chi connectivity index (χ0n) is 13.7. The van der Waals surface area contributed by atoms with E-state index in [1.165, 1.54) is 0 Å². The van der Waals surface area contributed by atoms with E-state index in [0.717, 1.165) is 17.7 Å². The maximum atomic E-state index is 12.8. The number of carbonyl (C=O) groups is 3. The van der Waals surface area contributed by atoms with Crippen LogP contribution in [0.15, 0.2) is 42.6 Å². The average molecular weight is 338 g/mol. The van der Waals surface area contributed by atoms with Crippen LogP contribution in [-0.2, 0) is 4.79 Å². The van der Waals surface area contributed by atoms with Crippen LogP contribution in [0, 0.1) is 5.92 Å². The summed E-state index contributed by atoms with van der Waals surface area (Å²) < 4.78 is 0. The number of benzene rings is 1. The molecule has 4 amide bonds. The van der Waals surface area contributed by atoms with Crippen LogP contribution >= 0.6 is 0 Å². The van der Waals surface area contributed by atoms with Gasteiger partial charge in [0.15, 0.2) is 0 Å². The minimum absolute atomic E-state index is 0.199. The number of nitrogens with one attached hydrogen (secondary N) is 3. The summed E-state index contributed by atoms with van der Waals surface area (Å²) in [5, 5.41) is 5.57. The molecule has 1 unspecified atom stereocenters. The van der Waals surface area contributed by atoms with Gasteiger partial charge in [-0.15, -0.1) is 0 Å². The Morgan fingerprint density at radius 3 is 2.72 bits per heavy atom. The lowest BCUT2D eigenvalue weighted by Crippen LogP contribution is -2.46. The molecule has 1 atom stereocenters. The average Bonchev–Trinajstić information content (AvgIpc) is 3.24. The number of amides is 4. The molecule has 7 heteroatoms. The first kappa shape index (κ1) is 15.4. The Morgan fingerprint density at radius 2 is 2.04 bits per heavy atom. The van der Waals surface area contributed by atoms with Gasteiger partial charge in [0.25, 0.3) is 11.8 Å². The highest BCUT2D eigenvalue weighted by molar-refractivity contribution is 6.23. The highest BCUT2D eigenvalue weighted by Gasteiger charge is 2.56. The molecule has 1 saturated heterocycles. The third-order valence-corrected chi connectivity index (χ3v) is 4.82. The molecule has 1 saturated carbocycles. The zero-order chi connectivity index (χ0) is 17.6. The molecule has 25 heavy (non-hydrogen) atoms. The van der Waals surface area contributed by atoms with Crippen LogP contribution in [-0.4, -0.2) is 28.4 Å². The number of H-pyrrole nitrogens is 1. The van der Waals surface area contributed by atoms with Crippen molar-refractivity contribution in [3.05, 3.63) is 48.3 Å². The Hall–Kier alpha value is -3.09. The van der Waals surface area contributed by atoms with E-state index < -0.39 is 11.6 Å². The van der Waals surface area contributed by atoms with Gasteiger partial charge in [0, 0.05) is 11.9 Å². The molecular weight excluding hydrogens is 320 g/mol. The van der Waals surface area contributed by atoms with Crippen LogP contribution in [0.5, 0.6) is 0 Å². The summed E-state index contributed by atoms with van der Waals surface area (Å²) in [6.45, 7) is 1.78. The van der Waals surface area contributed by atoms with E-state index in [1.807, 2.05) is 0 Å². The quantitative estimate of drug-likeness (QED) is 0.748. The second kappa shape index (κ2) is 5.47. The number of nitrogens with zero attached hydrogens (tertiary/aromatic N) is 1. The molecular formula is C18H18N4O3. The van der Waals surface area contributed by atoms with E-state index in [4.69, 9.17) is 0 Å². The Morgan fingerprint density at radius 1 is 1.24 bits per heavy atom. The molecule has 2 aromatic rings. The number of imide groups is 1. The Labute approximate surface area is 144 Å². The summed E-state index contributed by atoms with van der Waals surface area (Å²) in [5.74, 6) is -0.334. The molecule has 7 nitrogen and oxygen atoms in total. The van der Waals surface area contributed by atoms with E-state index in [0.29, 0.717) is 17.1 Å². The lowest BCUT2D eigenvalue weighted by Gasteiger charge is -2.21. The fourth-order valence-electron chi connectivity index (χ4n) is 3.22. The van der Waals surface area contributed by atoms with Crippen molar-refractivity contribution in [2.24, 2.45) is 5.92 Å². The molecule has 2 heterocycles. The van der Waals surface area contributed by atoms with Gasteiger partial charge in [0.1, 0.15) is 11.2 Å². The summed E-state index contributed by atoms with van der Waals surface area (Å²) in [4.78, 5) is 41.3. The monoisotopic (exact) mass is 338 g/mol. The van der Waals surface area contributed by atoms with E-state index in [1.54, 1.807) is 49.5 Å². The van der Waals surface area contributed by atoms with Gasteiger partial charge in [0.05, 0.1) is 5.69 Å². The largest absolute Gasteiger partial charge is 0.357 e. The number of hydrogen-bond acceptors (Lipinski definition) is 3. The molecule has 1 aliphatic heterocycles. The highest BCUT2D eigenvalue weighted by atomic mass is 16.2. The fraction of sp³-hybridized carbons (Fsp3) is 0.278. The molecule has 1 aliphatic carbocycles. The van der Waals surface area contributed by atoms with Gasteiger partial charge < -0.3 is 15.6 Å². The van der Waals surface area contributed by atoms with Gasteiger partial charge in [-0.2, -0.15) is 0 Å². The summed E-state index contributed by atoms with van der Waals surface area (Å²) in [6, 6.07) is 9.69. The van der Waals surface area contributed by atoms with Crippen LogP contribution in [0.1, 0.15) is 30.3 Å². The Bertz CT molecular complexity index is 857. The molecule has 2 aliphatic rings. The number of rotatable bonds is 4. The lowest BCUT2D eigenvalue weighted by molar-refractivity contribution is -0.122. The molecule has 2 fully saturated rings. The number of anilines is 2. The second-order valence-electron chi connectivity index (χ2n) is 6.64. The predicted molar refractivity (Wildman–Crippen MR) is 92.3 cm³/mol. The van der Waals surface area contributed by atoms with Crippen molar-refractivity contribution in [1.29, 1.82) is 0 Å². The maximum absolute atomic E-state index is 12.8. The van der Waals surface area contributed by atoms with Crippen LogP contribution < -0.4 is 15.5 Å². The van der Waals surface area contributed by atoms with Crippen molar-refractivity contribution in [3.63, 3.8) is 0 Å². The van der Waals surface area contributed by atoms with Gasteiger partial charge in [-0.05, 0) is 56.0 Å². The third-order valence-electron chi connectivity index (χ3n) is 4.82. The van der Waals surface area contributed by atoms with Crippen LogP contribution in [0.2, 0.25) is 0 Å². The first-order chi connectivity index (χ1) is 12.0. The molecule has 3 N–H and O–H groups in total. The minimum Gasteiger partial charge on any atom is -0.357 e. The van der Waals surface area contributed by atoms with Crippen molar-refractivity contribution in [3.8, 4) is 0 Å². The molecule has 128 valence electrons. The fourth-order valence-corrected chi connectivity index (χ4v) is 3.22. The zero-order valence-corrected chi connectivity index (χ0v) is 13.7. The normalized spacial score (nSPS) is 22.8. The summed E-state index contributed by atoms with van der Waals surface area (Å²) in [6.07, 6.45) is 3.56. The van der Waals surface area contributed by atoms with E-state index in [2.05, 4.69) is 15.6 Å². The van der Waals surface area contributed by atoms with Gasteiger partial charge in [0.2, 0.25) is 0 Å². The summed E-state index contributed by atoms with van der Waals surface area (Å²) >= 11 is 0. The Kier molecular flexibility index (Phi) is 3.38. The van der Waals surface area contributed by atoms with E-state index >= 15 is 0 Å². The second-order valence-corrected chi connectivity index (χ2v) is 6.64. The van der Waals surface area contributed by atoms with Crippen molar-refractivity contribution in [2.45, 2.75) is 25.3 Å². The number of aromatic nitrogens is 1. The standard InChI is InChI=1S/C18H18N4O3/c1-18(11-7-8-11)16(24)22(17(25)21-18)13-5-2-4-12(10-13)20-15(23)14-6-3-9-19-14/h2-6,9-11,19H,7-8H2,1H3,(H,20,23)(H,21,25). The van der Waals surface area contributed by atoms with Crippen molar-refractivity contribution in [2.75, 3.05) is 10.2 Å². The first-order valence-corrected chi connectivity index (χ1v) is 8.20. The number of carbonyl (C=O) groups excluding carboxylic acids is 3. The smallest absolute Gasteiger partial charge is 0.329 e. The SMILES string of the molecule is CC1(C2CC2)NC(=O)N(c2cccc(NC(=O)c3ccc[nH]3)c2)C1=O. The van der Waals surface area contributed by atoms with Crippen LogP contribution in [0.25, 0.3) is 0 Å². The summed E-state index contributed by atoms with van der Waals surface area (Å²) in [7, 11) is 0. The van der Waals surface area contributed by atoms with Gasteiger partial charge in [-0.3, -0.25) is 9.59 Å². The van der Waals surface area contributed by atoms with Gasteiger partial charge >= 0.3 is 6.03 Å². The minimum atomic E-state index is -0.833. The molecule has 4 rings (SSSR count). The number of urea groups is 1. The molecule has 1 aromatic carbocycles. The number of hydrogen-bond donors (Lipinski definition) is 3. The molecule has 1 aromatic heterocycles. The lowest BCUT2D eigenvalue weighted by atomic mass is 9.96. The van der Waals surface area contributed by atoms with Crippen molar-refractivity contribution < 1.29 is 14.4 Å². The van der Waals surface area contributed by atoms with Crippen molar-refractivity contribution >= 4 is 29.2 Å². The maximum Gasteiger partial charge on any atom is 0.329 e. The molecule has 0 radical (unpaired) electrons. The Balaban J connectivity index is 1.58. The third kappa shape index (κ3) is 2.57. The first-order valence-electron chi connectivity index (χ1n) is 8.20. The van der Waals surface area contributed by atoms with E-state index in [9.17, 15) is 14.4 Å². The van der Waals surface area contributed by atoms with Gasteiger partial charge in [-0.25, -0.2) is 9.69 Å². The van der Waals surface area contributed by atoms with Crippen molar-refractivity contribution in [1.82, 2.24) is 10.3 Å². The predicted octanol–water partition coefficient (Wildman–Crippen LogP) is 2.49. The van der Waals surface area contributed by atoms with Gasteiger partial charge in [-0.1, -0.05) is 6.07 Å². The molecule has 0 bridgehead atoms.